The summed E-state index contributed by atoms with van der Waals surface area (Å²) in [6.07, 6.45) is 4.52. The number of esters is 1. The van der Waals surface area contributed by atoms with E-state index in [9.17, 15) is 4.79 Å². The van der Waals surface area contributed by atoms with Gasteiger partial charge in [-0.1, -0.05) is 12.1 Å². The van der Waals surface area contributed by atoms with Gasteiger partial charge in [0.05, 0.1) is 12.8 Å². The minimum atomic E-state index is -0.428. The lowest BCUT2D eigenvalue weighted by Gasteiger charge is -1.98. The van der Waals surface area contributed by atoms with Crippen LogP contribution < -0.4 is 0 Å². The van der Waals surface area contributed by atoms with Crippen molar-refractivity contribution in [2.75, 3.05) is 13.0 Å². The summed E-state index contributed by atoms with van der Waals surface area (Å²) in [6.45, 7) is 0. The minimum Gasteiger partial charge on any atom is -0.464 e. The summed E-state index contributed by atoms with van der Waals surface area (Å²) in [7, 11) is 1.33. The van der Waals surface area contributed by atoms with Gasteiger partial charge in [0.1, 0.15) is 5.69 Å². The van der Waals surface area contributed by atoms with Gasteiger partial charge in [-0.3, -0.25) is 0 Å². The Morgan fingerprint density at radius 2 is 2.40 bits per heavy atom. The maximum atomic E-state index is 11.2. The van der Waals surface area contributed by atoms with Crippen molar-refractivity contribution < 1.29 is 9.53 Å². The Kier molecular flexibility index (Phi) is 4.84. The monoisotopic (exact) mass is 225 g/mol. The van der Waals surface area contributed by atoms with Crippen molar-refractivity contribution in [3.63, 3.8) is 0 Å². The van der Waals surface area contributed by atoms with Gasteiger partial charge in [0.2, 0.25) is 0 Å². The molecule has 0 aliphatic rings. The first-order valence-electron chi connectivity index (χ1n) is 4.56. The van der Waals surface area contributed by atoms with Crippen molar-refractivity contribution in [3.8, 4) is 0 Å². The largest absolute Gasteiger partial charge is 0.464 e. The van der Waals surface area contributed by atoms with Gasteiger partial charge >= 0.3 is 5.97 Å². The fourth-order valence-corrected chi connectivity index (χ4v) is 1.16. The minimum absolute atomic E-state index is 0.311. The molecule has 0 saturated heterocycles. The van der Waals surface area contributed by atoms with Crippen molar-refractivity contribution in [2.24, 2.45) is 0 Å². The standard InChI is InChI=1S/C11H12ClNO2/c1-15-11(14)10-7-4-6-9(13-10)5-2-3-8-12/h2,4-7H,3,8H2,1H3. The van der Waals surface area contributed by atoms with E-state index in [1.54, 1.807) is 12.1 Å². The van der Waals surface area contributed by atoms with Gasteiger partial charge in [0, 0.05) is 5.88 Å². The molecule has 0 bridgehead atoms. The predicted molar refractivity (Wildman–Crippen MR) is 59.9 cm³/mol. The zero-order valence-electron chi connectivity index (χ0n) is 8.44. The van der Waals surface area contributed by atoms with Crippen molar-refractivity contribution >= 4 is 23.6 Å². The number of rotatable bonds is 4. The molecule has 0 radical (unpaired) electrons. The maximum Gasteiger partial charge on any atom is 0.356 e. The lowest BCUT2D eigenvalue weighted by atomic mass is 10.2. The normalized spacial score (nSPS) is 10.5. The lowest BCUT2D eigenvalue weighted by molar-refractivity contribution is 0.0594. The first-order valence-corrected chi connectivity index (χ1v) is 5.09. The Morgan fingerprint density at radius 3 is 3.07 bits per heavy atom. The summed E-state index contributed by atoms with van der Waals surface area (Å²) < 4.78 is 4.57. The zero-order valence-corrected chi connectivity index (χ0v) is 9.20. The number of nitrogens with zero attached hydrogens (tertiary/aromatic N) is 1. The van der Waals surface area contributed by atoms with Crippen LogP contribution in [0.4, 0.5) is 0 Å². The molecule has 0 spiro atoms. The molecule has 3 nitrogen and oxygen atoms in total. The zero-order chi connectivity index (χ0) is 11.1. The molecule has 0 atom stereocenters. The average Bonchev–Trinajstić information content (AvgIpc) is 2.29. The maximum absolute atomic E-state index is 11.2. The van der Waals surface area contributed by atoms with Crippen LogP contribution >= 0.6 is 11.6 Å². The first kappa shape index (κ1) is 11.7. The summed E-state index contributed by atoms with van der Waals surface area (Å²) in [6, 6.07) is 5.20. The van der Waals surface area contributed by atoms with Crippen LogP contribution in [-0.4, -0.2) is 23.9 Å². The number of allylic oxidation sites excluding steroid dienone is 1. The average molecular weight is 226 g/mol. The Hall–Kier alpha value is -1.35. The molecular formula is C11H12ClNO2. The van der Waals surface area contributed by atoms with Crippen LogP contribution in [0.15, 0.2) is 24.3 Å². The van der Waals surface area contributed by atoms with E-state index in [1.165, 1.54) is 7.11 Å². The molecular weight excluding hydrogens is 214 g/mol. The molecule has 0 aliphatic heterocycles. The number of carbonyl (C=O) groups excluding carboxylic acids is 1. The summed E-state index contributed by atoms with van der Waals surface area (Å²) in [4.78, 5) is 15.3. The van der Waals surface area contributed by atoms with Crippen molar-refractivity contribution in [1.82, 2.24) is 4.98 Å². The van der Waals surface area contributed by atoms with Crippen molar-refractivity contribution in [3.05, 3.63) is 35.7 Å². The summed E-state index contributed by atoms with van der Waals surface area (Å²) in [5, 5.41) is 0. The van der Waals surface area contributed by atoms with E-state index < -0.39 is 5.97 Å². The SMILES string of the molecule is COC(=O)c1cccc(C=CCCCl)n1. The van der Waals surface area contributed by atoms with Gasteiger partial charge in [0.15, 0.2) is 0 Å². The van der Waals surface area contributed by atoms with E-state index in [0.29, 0.717) is 11.6 Å². The summed E-state index contributed by atoms with van der Waals surface area (Å²) in [5.41, 5.74) is 1.04. The summed E-state index contributed by atoms with van der Waals surface area (Å²) in [5.74, 6) is 0.148. The van der Waals surface area contributed by atoms with E-state index >= 15 is 0 Å². The van der Waals surface area contributed by atoms with Crippen LogP contribution in [0.5, 0.6) is 0 Å². The van der Waals surface area contributed by atoms with Gasteiger partial charge in [-0.05, 0) is 24.6 Å². The highest BCUT2D eigenvalue weighted by Gasteiger charge is 2.05. The number of halogens is 1. The van der Waals surface area contributed by atoms with Gasteiger partial charge < -0.3 is 4.74 Å². The van der Waals surface area contributed by atoms with Crippen LogP contribution in [0.1, 0.15) is 22.6 Å². The topological polar surface area (TPSA) is 39.2 Å². The molecule has 0 aliphatic carbocycles. The van der Waals surface area contributed by atoms with Crippen LogP contribution in [0.2, 0.25) is 0 Å². The molecule has 4 heteroatoms. The van der Waals surface area contributed by atoms with E-state index in [4.69, 9.17) is 11.6 Å². The number of hydrogen-bond acceptors (Lipinski definition) is 3. The molecule has 15 heavy (non-hydrogen) atoms. The molecule has 0 amide bonds. The molecule has 0 fully saturated rings. The van der Waals surface area contributed by atoms with Crippen LogP contribution in [-0.2, 0) is 4.74 Å². The van der Waals surface area contributed by atoms with Gasteiger partial charge in [-0.2, -0.15) is 0 Å². The molecule has 80 valence electrons. The smallest absolute Gasteiger partial charge is 0.356 e. The van der Waals surface area contributed by atoms with Crippen LogP contribution in [0.3, 0.4) is 0 Å². The number of hydrogen-bond donors (Lipinski definition) is 0. The van der Waals surface area contributed by atoms with Gasteiger partial charge in [0.25, 0.3) is 0 Å². The third kappa shape index (κ3) is 3.72. The highest BCUT2D eigenvalue weighted by atomic mass is 35.5. The van der Waals surface area contributed by atoms with Crippen LogP contribution in [0.25, 0.3) is 6.08 Å². The Labute approximate surface area is 93.7 Å². The van der Waals surface area contributed by atoms with Crippen LogP contribution in [0, 0.1) is 0 Å². The highest BCUT2D eigenvalue weighted by molar-refractivity contribution is 6.17. The van der Waals surface area contributed by atoms with E-state index in [0.717, 1.165) is 12.1 Å². The highest BCUT2D eigenvalue weighted by Crippen LogP contribution is 2.03. The predicted octanol–water partition coefficient (Wildman–Crippen LogP) is 2.51. The Bertz CT molecular complexity index is 363. The van der Waals surface area contributed by atoms with Gasteiger partial charge in [-0.15, -0.1) is 11.6 Å². The van der Waals surface area contributed by atoms with Gasteiger partial charge in [-0.25, -0.2) is 9.78 Å². The molecule has 0 N–H and O–H groups in total. The quantitative estimate of drug-likeness (QED) is 0.584. The number of aromatic nitrogens is 1. The molecule has 1 aromatic rings. The molecule has 0 unspecified atom stereocenters. The molecule has 1 heterocycles. The second-order valence-corrected chi connectivity index (χ2v) is 3.20. The molecule has 1 rings (SSSR count). The molecule has 0 aromatic carbocycles. The Balaban J connectivity index is 2.78. The summed E-state index contributed by atoms with van der Waals surface area (Å²) >= 11 is 5.53. The fraction of sp³-hybridized carbons (Fsp3) is 0.273. The van der Waals surface area contributed by atoms with E-state index in [1.807, 2.05) is 18.2 Å². The second kappa shape index (κ2) is 6.19. The second-order valence-electron chi connectivity index (χ2n) is 2.82. The van der Waals surface area contributed by atoms with E-state index in [-0.39, 0.29) is 0 Å². The van der Waals surface area contributed by atoms with Crippen molar-refractivity contribution in [1.29, 1.82) is 0 Å². The first-order chi connectivity index (χ1) is 7.27. The third-order valence-electron chi connectivity index (χ3n) is 1.73. The number of pyridine rings is 1. The third-order valence-corrected chi connectivity index (χ3v) is 1.95. The molecule has 0 saturated carbocycles. The number of ether oxygens (including phenoxy) is 1. The number of alkyl halides is 1. The number of methoxy groups -OCH3 is 1. The number of carbonyl (C=O) groups is 1. The van der Waals surface area contributed by atoms with Crippen molar-refractivity contribution in [2.45, 2.75) is 6.42 Å². The van der Waals surface area contributed by atoms with E-state index in [2.05, 4.69) is 9.72 Å². The fourth-order valence-electron chi connectivity index (χ4n) is 1.03. The Morgan fingerprint density at radius 1 is 1.60 bits per heavy atom. The lowest BCUT2D eigenvalue weighted by Crippen LogP contribution is -2.04. The molecule has 1 aromatic heterocycles.